The van der Waals surface area contributed by atoms with E-state index in [4.69, 9.17) is 5.11 Å². The van der Waals surface area contributed by atoms with Gasteiger partial charge in [0.15, 0.2) is 0 Å². The summed E-state index contributed by atoms with van der Waals surface area (Å²) in [7, 11) is 1.64. The maximum atomic E-state index is 12.2. The summed E-state index contributed by atoms with van der Waals surface area (Å²) in [5, 5.41) is 11.5. The molecule has 1 atom stereocenters. The Morgan fingerprint density at radius 2 is 1.91 bits per heavy atom. The van der Waals surface area contributed by atoms with E-state index >= 15 is 0 Å². The van der Waals surface area contributed by atoms with Crippen molar-refractivity contribution < 1.29 is 14.7 Å². The molecule has 0 saturated heterocycles. The third-order valence-electron chi connectivity index (χ3n) is 3.56. The number of carboxylic acid groups (broad SMARTS) is 1. The van der Waals surface area contributed by atoms with Gasteiger partial charge in [0.1, 0.15) is 12.6 Å². The molecule has 2 aromatic rings. The number of fused-ring (bicyclic) bond motifs is 1. The first-order chi connectivity index (χ1) is 10.5. The maximum absolute atomic E-state index is 12.2. The second-order valence-electron chi connectivity index (χ2n) is 5.16. The molecular weight excluding hydrogens is 286 g/mol. The van der Waals surface area contributed by atoms with E-state index in [9.17, 15) is 14.4 Å². The van der Waals surface area contributed by atoms with E-state index in [-0.39, 0.29) is 12.2 Å². The van der Waals surface area contributed by atoms with Crippen molar-refractivity contribution in [3.8, 4) is 0 Å². The van der Waals surface area contributed by atoms with Crippen LogP contribution in [0.15, 0.2) is 29.1 Å². The van der Waals surface area contributed by atoms with Gasteiger partial charge in [0.05, 0.1) is 11.0 Å². The molecule has 0 aliphatic carbocycles. The lowest BCUT2D eigenvalue weighted by Gasteiger charge is -2.13. The van der Waals surface area contributed by atoms with Crippen molar-refractivity contribution in [3.63, 3.8) is 0 Å². The quantitative estimate of drug-likeness (QED) is 0.822. The Bertz CT molecular complexity index is 760. The van der Waals surface area contributed by atoms with E-state index in [1.165, 1.54) is 9.13 Å². The number of aromatic nitrogens is 2. The summed E-state index contributed by atoms with van der Waals surface area (Å²) in [5.74, 6) is -1.56. The lowest BCUT2D eigenvalue weighted by Crippen LogP contribution is -2.43. The number of aliphatic carboxylic acids is 1. The fraction of sp³-hybridized carbons (Fsp3) is 0.400. The zero-order chi connectivity index (χ0) is 16.3. The molecule has 0 radical (unpaired) electrons. The van der Waals surface area contributed by atoms with Crippen LogP contribution in [0.25, 0.3) is 11.0 Å². The molecule has 7 nitrogen and oxygen atoms in total. The Hall–Kier alpha value is -2.57. The Morgan fingerprint density at radius 1 is 1.27 bits per heavy atom. The highest BCUT2D eigenvalue weighted by molar-refractivity contribution is 5.85. The van der Waals surface area contributed by atoms with Crippen LogP contribution >= 0.6 is 0 Å². The Morgan fingerprint density at radius 3 is 2.50 bits per heavy atom. The highest BCUT2D eigenvalue weighted by Gasteiger charge is 2.20. The average molecular weight is 305 g/mol. The van der Waals surface area contributed by atoms with Crippen molar-refractivity contribution in [2.45, 2.75) is 32.4 Å². The molecule has 2 rings (SSSR count). The van der Waals surface area contributed by atoms with Crippen molar-refractivity contribution in [1.82, 2.24) is 14.5 Å². The number of amides is 1. The number of hydrogen-bond donors (Lipinski definition) is 2. The van der Waals surface area contributed by atoms with Crippen LogP contribution in [0, 0.1) is 0 Å². The fourth-order valence-electron chi connectivity index (χ4n) is 2.45. The van der Waals surface area contributed by atoms with Gasteiger partial charge >= 0.3 is 11.7 Å². The fourth-order valence-corrected chi connectivity index (χ4v) is 2.45. The van der Waals surface area contributed by atoms with Crippen LogP contribution in [0.4, 0.5) is 0 Å². The van der Waals surface area contributed by atoms with Gasteiger partial charge in [-0.3, -0.25) is 13.9 Å². The topological polar surface area (TPSA) is 93.3 Å². The molecule has 0 spiro atoms. The molecule has 22 heavy (non-hydrogen) atoms. The molecule has 1 aromatic carbocycles. The molecular formula is C15H19N3O4. The zero-order valence-corrected chi connectivity index (χ0v) is 12.6. The molecule has 7 heteroatoms. The van der Waals surface area contributed by atoms with Crippen LogP contribution in [-0.4, -0.2) is 32.2 Å². The minimum Gasteiger partial charge on any atom is -0.480 e. The van der Waals surface area contributed by atoms with Crippen LogP contribution < -0.4 is 11.0 Å². The number of rotatable bonds is 6. The monoisotopic (exact) mass is 305 g/mol. The number of carboxylic acids is 1. The zero-order valence-electron chi connectivity index (χ0n) is 12.6. The van der Waals surface area contributed by atoms with E-state index in [2.05, 4.69) is 5.32 Å². The summed E-state index contributed by atoms with van der Waals surface area (Å²) >= 11 is 0. The first-order valence-electron chi connectivity index (χ1n) is 7.12. The summed E-state index contributed by atoms with van der Waals surface area (Å²) in [6.45, 7) is 1.64. The van der Waals surface area contributed by atoms with Gasteiger partial charge in [-0.2, -0.15) is 0 Å². The predicted molar refractivity (Wildman–Crippen MR) is 81.7 cm³/mol. The van der Waals surface area contributed by atoms with E-state index < -0.39 is 17.9 Å². The summed E-state index contributed by atoms with van der Waals surface area (Å²) in [6, 6.07) is 6.22. The predicted octanol–water partition coefficient (Wildman–Crippen LogP) is 0.709. The first kappa shape index (κ1) is 15.8. The lowest BCUT2D eigenvalue weighted by molar-refractivity contribution is -0.142. The number of aryl methyl sites for hydroxylation is 1. The van der Waals surface area contributed by atoms with E-state index in [0.29, 0.717) is 18.4 Å². The maximum Gasteiger partial charge on any atom is 0.329 e. The van der Waals surface area contributed by atoms with Crippen molar-refractivity contribution in [3.05, 3.63) is 34.7 Å². The van der Waals surface area contributed by atoms with Gasteiger partial charge in [0.2, 0.25) is 5.91 Å². The van der Waals surface area contributed by atoms with Crippen LogP contribution in [0.2, 0.25) is 0 Å². The Labute approximate surface area is 127 Å². The van der Waals surface area contributed by atoms with Crippen molar-refractivity contribution in [2.75, 3.05) is 0 Å². The minimum atomic E-state index is -1.07. The molecule has 0 saturated carbocycles. The number of hydrogen-bond acceptors (Lipinski definition) is 3. The van der Waals surface area contributed by atoms with Gasteiger partial charge in [-0.15, -0.1) is 0 Å². The number of imidazole rings is 1. The van der Waals surface area contributed by atoms with Crippen molar-refractivity contribution >= 4 is 22.9 Å². The smallest absolute Gasteiger partial charge is 0.329 e. The van der Waals surface area contributed by atoms with Crippen LogP contribution in [-0.2, 0) is 23.2 Å². The SMILES string of the molecule is CCCC(NC(=O)Cn1c(=O)n(C)c2ccccc21)C(=O)O. The van der Waals surface area contributed by atoms with Crippen molar-refractivity contribution in [1.29, 1.82) is 0 Å². The number of carbonyl (C=O) groups is 2. The van der Waals surface area contributed by atoms with Gasteiger partial charge in [-0.05, 0) is 18.6 Å². The number of carbonyl (C=O) groups excluding carboxylic acids is 1. The number of nitrogens with one attached hydrogen (secondary N) is 1. The third kappa shape index (κ3) is 3.03. The molecule has 1 heterocycles. The summed E-state index contributed by atoms with van der Waals surface area (Å²) in [5.41, 5.74) is 1.06. The summed E-state index contributed by atoms with van der Waals surface area (Å²) in [4.78, 5) is 35.3. The van der Waals surface area contributed by atoms with Gasteiger partial charge in [-0.25, -0.2) is 9.59 Å². The standard InChI is InChI=1S/C15H19N3O4/c1-3-6-10(14(20)21)16-13(19)9-18-12-8-5-4-7-11(12)17(2)15(18)22/h4-5,7-8,10H,3,6,9H2,1-2H3,(H,16,19)(H,20,21). The second kappa shape index (κ2) is 6.46. The van der Waals surface area contributed by atoms with Crippen LogP contribution in [0.1, 0.15) is 19.8 Å². The van der Waals surface area contributed by atoms with Crippen LogP contribution in [0.3, 0.4) is 0 Å². The average Bonchev–Trinajstić information content (AvgIpc) is 2.72. The molecule has 1 unspecified atom stereocenters. The highest BCUT2D eigenvalue weighted by atomic mass is 16.4. The van der Waals surface area contributed by atoms with E-state index in [1.807, 2.05) is 13.0 Å². The molecule has 0 aliphatic rings. The Kier molecular flexibility index (Phi) is 4.65. The number of nitrogens with zero attached hydrogens (tertiary/aromatic N) is 2. The summed E-state index contributed by atoms with van der Waals surface area (Å²) in [6.07, 6.45) is 0.997. The molecule has 0 aliphatic heterocycles. The molecule has 1 aromatic heterocycles. The molecule has 2 N–H and O–H groups in total. The van der Waals surface area contributed by atoms with E-state index in [0.717, 1.165) is 5.52 Å². The summed E-state index contributed by atoms with van der Waals surface area (Å²) < 4.78 is 2.80. The van der Waals surface area contributed by atoms with Gasteiger partial charge in [0, 0.05) is 7.05 Å². The lowest BCUT2D eigenvalue weighted by atomic mass is 10.1. The van der Waals surface area contributed by atoms with Crippen LogP contribution in [0.5, 0.6) is 0 Å². The molecule has 118 valence electrons. The molecule has 0 bridgehead atoms. The van der Waals surface area contributed by atoms with Gasteiger partial charge in [-0.1, -0.05) is 25.5 Å². The molecule has 1 amide bonds. The largest absolute Gasteiger partial charge is 0.480 e. The highest BCUT2D eigenvalue weighted by Crippen LogP contribution is 2.11. The van der Waals surface area contributed by atoms with Gasteiger partial charge in [0.25, 0.3) is 0 Å². The number of benzene rings is 1. The number of para-hydroxylation sites is 2. The normalized spacial score (nSPS) is 12.3. The molecule has 0 fully saturated rings. The third-order valence-corrected chi connectivity index (χ3v) is 3.56. The van der Waals surface area contributed by atoms with Gasteiger partial charge < -0.3 is 10.4 Å². The minimum absolute atomic E-state index is 0.201. The van der Waals surface area contributed by atoms with Crippen molar-refractivity contribution in [2.24, 2.45) is 7.05 Å². The second-order valence-corrected chi connectivity index (χ2v) is 5.16. The first-order valence-corrected chi connectivity index (χ1v) is 7.12. The Balaban J connectivity index is 2.24. The van der Waals surface area contributed by atoms with E-state index in [1.54, 1.807) is 25.2 Å².